The van der Waals surface area contributed by atoms with E-state index in [1.807, 2.05) is 26.2 Å². The van der Waals surface area contributed by atoms with Gasteiger partial charge in [-0.25, -0.2) is 0 Å². The SMILES string of the molecule is C=CCNC(=NCC1(C(=O)N(C)C)CCCC1)NCCc1ccco1.I. The van der Waals surface area contributed by atoms with E-state index in [0.29, 0.717) is 25.6 Å². The third-order valence-electron chi connectivity index (χ3n) is 4.62. The summed E-state index contributed by atoms with van der Waals surface area (Å²) in [5.41, 5.74) is -0.354. The molecule has 1 aromatic rings. The first kappa shape index (κ1) is 22.5. The van der Waals surface area contributed by atoms with Gasteiger partial charge in [-0.1, -0.05) is 18.9 Å². The van der Waals surface area contributed by atoms with Gasteiger partial charge in [-0.2, -0.15) is 0 Å². The van der Waals surface area contributed by atoms with E-state index in [1.165, 1.54) is 0 Å². The van der Waals surface area contributed by atoms with E-state index in [0.717, 1.165) is 37.9 Å². The lowest BCUT2D eigenvalue weighted by molar-refractivity contribution is -0.138. The fraction of sp³-hybridized carbons (Fsp3) is 0.579. The van der Waals surface area contributed by atoms with Crippen LogP contribution in [0.15, 0.2) is 40.5 Å². The Labute approximate surface area is 173 Å². The van der Waals surface area contributed by atoms with Gasteiger partial charge in [0.1, 0.15) is 5.76 Å². The van der Waals surface area contributed by atoms with Gasteiger partial charge in [0.25, 0.3) is 0 Å². The smallest absolute Gasteiger partial charge is 0.230 e. The maximum absolute atomic E-state index is 12.7. The van der Waals surface area contributed by atoms with Crippen molar-refractivity contribution >= 4 is 35.8 Å². The van der Waals surface area contributed by atoms with Gasteiger partial charge in [-0.05, 0) is 25.0 Å². The van der Waals surface area contributed by atoms with Crippen LogP contribution in [-0.2, 0) is 11.2 Å². The van der Waals surface area contributed by atoms with Crippen LogP contribution in [0.3, 0.4) is 0 Å². The van der Waals surface area contributed by atoms with Crippen molar-refractivity contribution in [2.24, 2.45) is 10.4 Å². The highest BCUT2D eigenvalue weighted by atomic mass is 127. The summed E-state index contributed by atoms with van der Waals surface area (Å²) >= 11 is 0. The second kappa shape index (κ2) is 11.3. The van der Waals surface area contributed by atoms with E-state index in [9.17, 15) is 4.79 Å². The van der Waals surface area contributed by atoms with Crippen LogP contribution in [-0.4, -0.2) is 50.5 Å². The summed E-state index contributed by atoms with van der Waals surface area (Å²) in [4.78, 5) is 19.1. The zero-order chi connectivity index (χ0) is 18.1. The number of nitrogens with one attached hydrogen (secondary N) is 2. The second-order valence-electron chi connectivity index (χ2n) is 6.78. The summed E-state index contributed by atoms with van der Waals surface area (Å²) in [6.45, 7) is 5.59. The number of guanidine groups is 1. The predicted molar refractivity (Wildman–Crippen MR) is 116 cm³/mol. The van der Waals surface area contributed by atoms with Crippen molar-refractivity contribution in [3.8, 4) is 0 Å². The number of hydrogen-bond donors (Lipinski definition) is 2. The molecule has 0 radical (unpaired) electrons. The van der Waals surface area contributed by atoms with Gasteiger partial charge in [0.15, 0.2) is 5.96 Å². The Balaban J connectivity index is 0.00000338. The van der Waals surface area contributed by atoms with Gasteiger partial charge >= 0.3 is 0 Å². The Kier molecular flexibility index (Phi) is 9.75. The zero-order valence-electron chi connectivity index (χ0n) is 15.8. The summed E-state index contributed by atoms with van der Waals surface area (Å²) in [7, 11) is 3.65. The molecule has 1 saturated carbocycles. The molecule has 1 aliphatic rings. The first-order valence-electron chi connectivity index (χ1n) is 8.94. The fourth-order valence-corrected chi connectivity index (χ4v) is 3.30. The van der Waals surface area contributed by atoms with Crippen molar-refractivity contribution in [2.75, 3.05) is 33.7 Å². The third-order valence-corrected chi connectivity index (χ3v) is 4.62. The van der Waals surface area contributed by atoms with Crippen LogP contribution in [0.4, 0.5) is 0 Å². The maximum Gasteiger partial charge on any atom is 0.230 e. The lowest BCUT2D eigenvalue weighted by Crippen LogP contribution is -2.43. The molecule has 2 N–H and O–H groups in total. The Morgan fingerprint density at radius 3 is 2.69 bits per heavy atom. The number of aliphatic imine (C=N–C) groups is 1. The molecule has 1 aromatic heterocycles. The minimum atomic E-state index is -0.354. The van der Waals surface area contributed by atoms with Crippen LogP contribution in [0, 0.1) is 5.41 Å². The second-order valence-corrected chi connectivity index (χ2v) is 6.78. The van der Waals surface area contributed by atoms with Crippen LogP contribution >= 0.6 is 24.0 Å². The van der Waals surface area contributed by atoms with Gasteiger partial charge in [-0.3, -0.25) is 9.79 Å². The summed E-state index contributed by atoms with van der Waals surface area (Å²) in [5.74, 6) is 1.84. The highest BCUT2D eigenvalue weighted by molar-refractivity contribution is 14.0. The molecule has 0 bridgehead atoms. The van der Waals surface area contributed by atoms with Crippen molar-refractivity contribution in [2.45, 2.75) is 32.1 Å². The highest BCUT2D eigenvalue weighted by Crippen LogP contribution is 2.39. The van der Waals surface area contributed by atoms with Crippen molar-refractivity contribution in [1.82, 2.24) is 15.5 Å². The zero-order valence-corrected chi connectivity index (χ0v) is 18.1. The number of amides is 1. The molecule has 7 heteroatoms. The molecule has 0 aromatic carbocycles. The van der Waals surface area contributed by atoms with E-state index in [-0.39, 0.29) is 35.3 Å². The van der Waals surface area contributed by atoms with Crippen LogP contribution in [0.5, 0.6) is 0 Å². The number of rotatable bonds is 8. The highest BCUT2D eigenvalue weighted by Gasteiger charge is 2.41. The molecule has 26 heavy (non-hydrogen) atoms. The molecular weight excluding hydrogens is 443 g/mol. The maximum atomic E-state index is 12.7. The van der Waals surface area contributed by atoms with E-state index >= 15 is 0 Å². The summed E-state index contributed by atoms with van der Waals surface area (Å²) in [6.07, 6.45) is 8.26. The summed E-state index contributed by atoms with van der Waals surface area (Å²) in [5, 5.41) is 6.53. The quantitative estimate of drug-likeness (QED) is 0.263. The predicted octanol–water partition coefficient (Wildman–Crippen LogP) is 2.81. The topological polar surface area (TPSA) is 69.9 Å². The largest absolute Gasteiger partial charge is 0.469 e. The van der Waals surface area contributed by atoms with Gasteiger partial charge < -0.3 is 20.0 Å². The molecule has 0 spiro atoms. The van der Waals surface area contributed by atoms with Crippen molar-refractivity contribution in [3.05, 3.63) is 36.8 Å². The van der Waals surface area contributed by atoms with Crippen molar-refractivity contribution in [1.29, 1.82) is 0 Å². The molecule has 0 saturated heterocycles. The first-order valence-corrected chi connectivity index (χ1v) is 8.94. The first-order chi connectivity index (χ1) is 12.1. The minimum absolute atomic E-state index is 0. The van der Waals surface area contributed by atoms with Crippen LogP contribution in [0.25, 0.3) is 0 Å². The van der Waals surface area contributed by atoms with Gasteiger partial charge in [0, 0.05) is 33.6 Å². The Hall–Kier alpha value is -1.51. The normalized spacial score (nSPS) is 15.8. The molecule has 0 unspecified atom stereocenters. The molecule has 1 amide bonds. The van der Waals surface area contributed by atoms with Crippen molar-refractivity contribution < 1.29 is 9.21 Å². The van der Waals surface area contributed by atoms with Gasteiger partial charge in [0.2, 0.25) is 5.91 Å². The van der Waals surface area contributed by atoms with E-state index in [4.69, 9.17) is 9.41 Å². The number of halogens is 1. The number of hydrogen-bond acceptors (Lipinski definition) is 3. The fourth-order valence-electron chi connectivity index (χ4n) is 3.30. The van der Waals surface area contributed by atoms with Gasteiger partial charge in [0.05, 0.1) is 18.2 Å². The van der Waals surface area contributed by atoms with E-state index in [2.05, 4.69) is 17.2 Å². The van der Waals surface area contributed by atoms with E-state index < -0.39 is 0 Å². The molecule has 1 aliphatic carbocycles. The number of nitrogens with zero attached hydrogens (tertiary/aromatic N) is 2. The average molecular weight is 474 g/mol. The van der Waals surface area contributed by atoms with Crippen LogP contribution in [0.2, 0.25) is 0 Å². The number of carbonyl (C=O) groups excluding carboxylic acids is 1. The lowest BCUT2D eigenvalue weighted by Gasteiger charge is -2.29. The Morgan fingerprint density at radius 2 is 2.12 bits per heavy atom. The molecule has 146 valence electrons. The molecule has 0 aliphatic heterocycles. The average Bonchev–Trinajstić information content (AvgIpc) is 3.28. The van der Waals surface area contributed by atoms with Crippen molar-refractivity contribution in [3.63, 3.8) is 0 Å². The van der Waals surface area contributed by atoms with E-state index in [1.54, 1.807) is 17.2 Å². The number of carbonyl (C=O) groups is 1. The monoisotopic (exact) mass is 474 g/mol. The molecule has 1 heterocycles. The molecule has 2 rings (SSSR count). The third kappa shape index (κ3) is 6.34. The molecular formula is C19H31IN4O2. The molecule has 6 nitrogen and oxygen atoms in total. The van der Waals surface area contributed by atoms with Crippen LogP contribution in [0.1, 0.15) is 31.4 Å². The summed E-state index contributed by atoms with van der Waals surface area (Å²) in [6, 6.07) is 3.84. The lowest BCUT2D eigenvalue weighted by atomic mass is 9.85. The number of furan rings is 1. The van der Waals surface area contributed by atoms with Gasteiger partial charge in [-0.15, -0.1) is 30.6 Å². The molecule has 0 atom stereocenters. The Morgan fingerprint density at radius 1 is 1.38 bits per heavy atom. The minimum Gasteiger partial charge on any atom is -0.469 e. The summed E-state index contributed by atoms with van der Waals surface area (Å²) < 4.78 is 5.34. The standard InChI is InChI=1S/C19H30N4O2.HI/c1-4-12-20-18(21-13-9-16-8-7-14-25-16)22-15-19(10-5-6-11-19)17(24)23(2)3;/h4,7-8,14H,1,5-6,9-13,15H2,2-3H3,(H2,20,21,22);1H. The molecule has 1 fully saturated rings. The van der Waals surface area contributed by atoms with Crippen LogP contribution < -0.4 is 10.6 Å². The Bertz CT molecular complexity index is 578.